The summed E-state index contributed by atoms with van der Waals surface area (Å²) in [4.78, 5) is 8.89. The molecule has 0 saturated carbocycles. The molecule has 0 unspecified atom stereocenters. The highest BCUT2D eigenvalue weighted by atomic mass is 16.5. The van der Waals surface area contributed by atoms with Gasteiger partial charge in [-0.25, -0.2) is 5.21 Å². The van der Waals surface area contributed by atoms with Gasteiger partial charge in [-0.15, -0.1) is 0 Å². The fourth-order valence-electron chi connectivity index (χ4n) is 0. The van der Waals surface area contributed by atoms with Crippen LogP contribution < -0.4 is 5.11 Å². The summed E-state index contributed by atoms with van der Waals surface area (Å²) < 4.78 is 0.0556. The second-order valence-electron chi connectivity index (χ2n) is 3.06. The van der Waals surface area contributed by atoms with Crippen LogP contribution in [0.25, 0.3) is 0 Å². The maximum Gasteiger partial charge on any atom is 0.113 e. The Morgan fingerprint density at radius 1 is 1.45 bits per heavy atom. The highest BCUT2D eigenvalue weighted by Gasteiger charge is 2.14. The van der Waals surface area contributed by atoms with Crippen LogP contribution in [-0.4, -0.2) is 36.0 Å². The van der Waals surface area contributed by atoms with Crippen LogP contribution in [0.15, 0.2) is 0 Å². The molecule has 0 saturated heterocycles. The molecule has 0 radical (unpaired) electrons. The summed E-state index contributed by atoms with van der Waals surface area (Å²) in [7, 11) is 3.51. The number of carbonyl (C=O) groups excluding carboxylic acids is 1. The third kappa shape index (κ3) is 17.7. The average molecular weight is 163 g/mol. The fraction of sp³-hybridized carbons (Fsp3) is 0.857. The first-order chi connectivity index (χ1) is 4.68. The monoisotopic (exact) mass is 163 g/mol. The number of nitrogens with zero attached hydrogens (tertiary/aromatic N) is 1. The van der Waals surface area contributed by atoms with Gasteiger partial charge in [-0.05, 0) is 20.8 Å². The second kappa shape index (κ2) is 5.09. The molecule has 0 aliphatic heterocycles. The number of rotatable bonds is 1. The van der Waals surface area contributed by atoms with Crippen molar-refractivity contribution in [2.75, 3.05) is 14.1 Å². The Hall–Kier alpha value is -0.610. The number of carboxylic acid groups (broad SMARTS) is 1. The van der Waals surface area contributed by atoms with Crippen molar-refractivity contribution < 1.29 is 19.8 Å². The number of carbonyl (C=O) groups is 1. The lowest BCUT2D eigenvalue weighted by atomic mass is 10.4. The quantitative estimate of drug-likeness (QED) is 0.423. The first-order valence-corrected chi connectivity index (χ1v) is 3.42. The van der Waals surface area contributed by atoms with E-state index in [1.807, 2.05) is 13.8 Å². The second-order valence-corrected chi connectivity index (χ2v) is 3.06. The minimum atomic E-state index is -1.08. The molecule has 0 aromatic heterocycles. The van der Waals surface area contributed by atoms with Gasteiger partial charge in [-0.1, -0.05) is 0 Å². The normalized spacial score (nSPS) is 10.5. The van der Waals surface area contributed by atoms with Gasteiger partial charge in [0.05, 0.1) is 14.1 Å². The molecule has 0 spiro atoms. The zero-order valence-corrected chi connectivity index (χ0v) is 7.79. The van der Waals surface area contributed by atoms with Gasteiger partial charge in [0.15, 0.2) is 0 Å². The van der Waals surface area contributed by atoms with Gasteiger partial charge in [0.2, 0.25) is 0 Å². The number of quaternary nitrogens is 1. The highest BCUT2D eigenvalue weighted by molar-refractivity contribution is 5.60. The Balaban J connectivity index is 0. The lowest BCUT2D eigenvalue weighted by molar-refractivity contribution is -1.09. The Bertz CT molecular complexity index is 111. The Kier molecular flexibility index (Phi) is 6.03. The van der Waals surface area contributed by atoms with Gasteiger partial charge >= 0.3 is 0 Å². The van der Waals surface area contributed by atoms with Crippen molar-refractivity contribution in [3.05, 3.63) is 0 Å². The molecule has 0 amide bonds. The van der Waals surface area contributed by atoms with Crippen LogP contribution in [0, 0.1) is 0 Å². The molecule has 0 aliphatic carbocycles. The summed E-state index contributed by atoms with van der Waals surface area (Å²) in [5.41, 5.74) is 0. The van der Waals surface area contributed by atoms with Crippen molar-refractivity contribution in [2.45, 2.75) is 26.8 Å². The predicted octanol–water partition coefficient (Wildman–Crippen LogP) is -0.383. The number of hydroxylamine groups is 3. The molecule has 0 rings (SSSR count). The topological polar surface area (TPSA) is 60.4 Å². The van der Waals surface area contributed by atoms with E-state index < -0.39 is 5.97 Å². The highest BCUT2D eigenvalue weighted by Crippen LogP contribution is 1.97. The van der Waals surface area contributed by atoms with Crippen molar-refractivity contribution in [3.8, 4) is 0 Å². The van der Waals surface area contributed by atoms with E-state index in [0.29, 0.717) is 6.04 Å². The summed E-state index contributed by atoms with van der Waals surface area (Å²) in [6.07, 6.45) is 0. The maximum atomic E-state index is 9.03. The molecule has 0 bridgehead atoms. The predicted molar refractivity (Wildman–Crippen MR) is 39.7 cm³/mol. The molecule has 1 N–H and O–H groups in total. The SMILES string of the molecule is CC(=O)[O-].CC(C)[N+](C)(C)O. The fourth-order valence-corrected chi connectivity index (χ4v) is 0. The van der Waals surface area contributed by atoms with Gasteiger partial charge in [-0.3, -0.25) is 0 Å². The average Bonchev–Trinajstić information content (AvgIpc) is 1.59. The third-order valence-electron chi connectivity index (χ3n) is 1.26. The van der Waals surface area contributed by atoms with Gasteiger partial charge in [0, 0.05) is 5.97 Å². The Morgan fingerprint density at radius 3 is 1.55 bits per heavy atom. The lowest BCUT2D eigenvalue weighted by Gasteiger charge is -2.23. The standard InChI is InChI=1S/C5H14NO.C2H4O2/c1-5(2)6(3,4)7;1-2(3)4/h5,7H,1-4H3;1H3,(H,3,4)/q+1;/p-1. The van der Waals surface area contributed by atoms with Crippen molar-refractivity contribution >= 4 is 5.97 Å². The van der Waals surface area contributed by atoms with Gasteiger partial charge in [0.1, 0.15) is 6.04 Å². The van der Waals surface area contributed by atoms with Gasteiger partial charge in [0.25, 0.3) is 0 Å². The van der Waals surface area contributed by atoms with Crippen LogP contribution in [0.1, 0.15) is 20.8 Å². The van der Waals surface area contributed by atoms with E-state index in [2.05, 4.69) is 0 Å². The third-order valence-corrected chi connectivity index (χ3v) is 1.26. The molecule has 4 heteroatoms. The summed E-state index contributed by atoms with van der Waals surface area (Å²) in [5, 5.41) is 17.9. The molecular weight excluding hydrogens is 146 g/mol. The van der Waals surface area contributed by atoms with Crippen LogP contribution in [0.3, 0.4) is 0 Å². The number of hydrogen-bond donors (Lipinski definition) is 1. The van der Waals surface area contributed by atoms with E-state index in [1.165, 1.54) is 0 Å². The van der Waals surface area contributed by atoms with Crippen LogP contribution in [0.5, 0.6) is 0 Å². The van der Waals surface area contributed by atoms with E-state index >= 15 is 0 Å². The van der Waals surface area contributed by atoms with E-state index in [1.54, 1.807) is 14.1 Å². The summed E-state index contributed by atoms with van der Waals surface area (Å²) in [6, 6.07) is 0.292. The van der Waals surface area contributed by atoms with E-state index in [-0.39, 0.29) is 4.65 Å². The molecule has 11 heavy (non-hydrogen) atoms. The maximum absolute atomic E-state index is 9.03. The Labute approximate surface area is 67.6 Å². The van der Waals surface area contributed by atoms with Crippen molar-refractivity contribution in [1.82, 2.24) is 0 Å². The van der Waals surface area contributed by atoms with E-state index in [9.17, 15) is 0 Å². The summed E-state index contributed by atoms with van der Waals surface area (Å²) >= 11 is 0. The number of carboxylic acids is 1. The molecule has 0 fully saturated rings. The van der Waals surface area contributed by atoms with Gasteiger partial charge in [-0.2, -0.15) is 4.65 Å². The van der Waals surface area contributed by atoms with Crippen LogP contribution >= 0.6 is 0 Å². The van der Waals surface area contributed by atoms with Crippen molar-refractivity contribution in [2.24, 2.45) is 0 Å². The minimum absolute atomic E-state index is 0.0556. The molecule has 4 nitrogen and oxygen atoms in total. The molecular formula is C7H17NO3. The zero-order chi connectivity index (χ0) is 9.65. The molecule has 0 atom stereocenters. The first-order valence-electron chi connectivity index (χ1n) is 3.42. The van der Waals surface area contributed by atoms with Crippen molar-refractivity contribution in [1.29, 1.82) is 0 Å². The summed E-state index contributed by atoms with van der Waals surface area (Å²) in [5.74, 6) is -1.08. The Morgan fingerprint density at radius 2 is 1.55 bits per heavy atom. The number of aliphatic carboxylic acids is 1. The lowest BCUT2D eigenvalue weighted by Crippen LogP contribution is -2.41. The smallest absolute Gasteiger partial charge is 0.113 e. The molecule has 0 aromatic rings. The van der Waals surface area contributed by atoms with Crippen LogP contribution in [0.4, 0.5) is 0 Å². The largest absolute Gasteiger partial charge is 0.550 e. The minimum Gasteiger partial charge on any atom is -0.550 e. The van der Waals surface area contributed by atoms with Gasteiger partial charge < -0.3 is 9.90 Å². The first kappa shape index (κ1) is 13.0. The molecule has 68 valence electrons. The van der Waals surface area contributed by atoms with Crippen LogP contribution in [-0.2, 0) is 4.79 Å². The zero-order valence-electron chi connectivity index (χ0n) is 7.79. The van der Waals surface area contributed by atoms with E-state index in [4.69, 9.17) is 15.1 Å². The van der Waals surface area contributed by atoms with Crippen molar-refractivity contribution in [3.63, 3.8) is 0 Å². The molecule has 0 heterocycles. The van der Waals surface area contributed by atoms with E-state index in [0.717, 1.165) is 6.92 Å². The molecule has 0 aliphatic rings. The molecule has 0 aromatic carbocycles. The number of hydrogen-bond acceptors (Lipinski definition) is 3. The van der Waals surface area contributed by atoms with Crippen LogP contribution in [0.2, 0.25) is 0 Å². The summed E-state index contributed by atoms with van der Waals surface area (Å²) in [6.45, 7) is 4.92.